The van der Waals surface area contributed by atoms with Gasteiger partial charge in [0.15, 0.2) is 0 Å². The number of ether oxygens (including phenoxy) is 1. The summed E-state index contributed by atoms with van der Waals surface area (Å²) in [5, 5.41) is 20.0. The van der Waals surface area contributed by atoms with Crippen molar-refractivity contribution in [3.05, 3.63) is 0 Å². The van der Waals surface area contributed by atoms with Crippen LogP contribution in [0.15, 0.2) is 0 Å². The van der Waals surface area contributed by atoms with E-state index in [2.05, 4.69) is 19.9 Å². The van der Waals surface area contributed by atoms with Crippen molar-refractivity contribution in [2.75, 3.05) is 13.2 Å². The van der Waals surface area contributed by atoms with Crippen LogP contribution in [0.3, 0.4) is 0 Å². The molecule has 1 aliphatic heterocycles. The van der Waals surface area contributed by atoms with E-state index in [0.29, 0.717) is 12.0 Å². The van der Waals surface area contributed by atoms with Crippen LogP contribution in [0.25, 0.3) is 0 Å². The molecule has 1 saturated heterocycles. The molecule has 0 bridgehead atoms. The van der Waals surface area contributed by atoms with Gasteiger partial charge in [-0.1, -0.05) is 13.8 Å². The predicted octanol–water partition coefficient (Wildman–Crippen LogP) is 2.49. The highest BCUT2D eigenvalue weighted by Gasteiger charge is 2.47. The van der Waals surface area contributed by atoms with Gasteiger partial charge in [0.05, 0.1) is 24.2 Å². The van der Waals surface area contributed by atoms with Gasteiger partial charge < -0.3 is 9.84 Å². The predicted molar refractivity (Wildman–Crippen MR) is 65.2 cm³/mol. The number of hydrogen-bond acceptors (Lipinski definition) is 3. The van der Waals surface area contributed by atoms with Gasteiger partial charge in [0.1, 0.15) is 0 Å². The number of aliphatic hydroxyl groups excluding tert-OH is 1. The Morgan fingerprint density at radius 1 is 1.29 bits per heavy atom. The minimum absolute atomic E-state index is 0.163. The van der Waals surface area contributed by atoms with Crippen LogP contribution in [0, 0.1) is 28.1 Å². The van der Waals surface area contributed by atoms with Gasteiger partial charge in [-0.25, -0.2) is 0 Å². The number of nitrogens with zero attached hydrogens (tertiary/aromatic N) is 1. The highest BCUT2D eigenvalue weighted by atomic mass is 16.5. The van der Waals surface area contributed by atoms with Gasteiger partial charge in [0, 0.05) is 12.5 Å². The van der Waals surface area contributed by atoms with Crippen LogP contribution in [0.5, 0.6) is 0 Å². The van der Waals surface area contributed by atoms with E-state index < -0.39 is 11.5 Å². The van der Waals surface area contributed by atoms with Crippen molar-refractivity contribution in [3.63, 3.8) is 0 Å². The minimum Gasteiger partial charge on any atom is -0.391 e. The maximum atomic E-state index is 10.5. The summed E-state index contributed by atoms with van der Waals surface area (Å²) >= 11 is 0. The van der Waals surface area contributed by atoms with Crippen LogP contribution in [0.2, 0.25) is 0 Å². The molecule has 0 aromatic carbocycles. The van der Waals surface area contributed by atoms with E-state index in [0.717, 1.165) is 38.7 Å². The first-order chi connectivity index (χ1) is 7.99. The molecule has 1 aliphatic carbocycles. The molecule has 0 radical (unpaired) electrons. The second-order valence-electron chi connectivity index (χ2n) is 6.50. The Hall–Kier alpha value is -0.590. The lowest BCUT2D eigenvalue weighted by atomic mass is 9.61. The first-order valence-corrected chi connectivity index (χ1v) is 6.66. The normalized spacial score (nSPS) is 32.9. The Bertz CT molecular complexity index is 303. The third-order valence-corrected chi connectivity index (χ3v) is 4.70. The fraction of sp³-hybridized carbons (Fsp3) is 0.929. The SMILES string of the molecule is CC1(C)CCC(C#N)(C(O)C2CCOC2)CC1. The highest BCUT2D eigenvalue weighted by Crippen LogP contribution is 2.48. The van der Waals surface area contributed by atoms with E-state index in [4.69, 9.17) is 4.74 Å². The third kappa shape index (κ3) is 2.48. The molecular weight excluding hydrogens is 214 g/mol. The second-order valence-corrected chi connectivity index (χ2v) is 6.50. The molecule has 2 fully saturated rings. The minimum atomic E-state index is -0.520. The van der Waals surface area contributed by atoms with E-state index in [1.54, 1.807) is 0 Å². The topological polar surface area (TPSA) is 53.2 Å². The van der Waals surface area contributed by atoms with Crippen LogP contribution < -0.4 is 0 Å². The molecule has 0 aromatic rings. The van der Waals surface area contributed by atoms with Gasteiger partial charge in [-0.2, -0.15) is 5.26 Å². The van der Waals surface area contributed by atoms with Crippen LogP contribution in [-0.4, -0.2) is 24.4 Å². The first kappa shape index (κ1) is 12.9. The Kier molecular flexibility index (Phi) is 3.47. The quantitative estimate of drug-likeness (QED) is 0.802. The van der Waals surface area contributed by atoms with Crippen molar-refractivity contribution in [2.24, 2.45) is 16.7 Å². The fourth-order valence-electron chi connectivity index (χ4n) is 3.10. The molecule has 1 heterocycles. The average molecular weight is 237 g/mol. The Balaban J connectivity index is 2.07. The van der Waals surface area contributed by atoms with Crippen molar-refractivity contribution in [1.82, 2.24) is 0 Å². The zero-order valence-corrected chi connectivity index (χ0v) is 10.9. The van der Waals surface area contributed by atoms with Crippen molar-refractivity contribution >= 4 is 0 Å². The highest BCUT2D eigenvalue weighted by molar-refractivity contribution is 5.08. The Morgan fingerprint density at radius 3 is 2.41 bits per heavy atom. The lowest BCUT2D eigenvalue weighted by Crippen LogP contribution is -2.43. The summed E-state index contributed by atoms with van der Waals surface area (Å²) in [6.45, 7) is 5.85. The van der Waals surface area contributed by atoms with Crippen molar-refractivity contribution in [1.29, 1.82) is 5.26 Å². The zero-order chi connectivity index (χ0) is 12.5. The van der Waals surface area contributed by atoms with Crippen molar-refractivity contribution < 1.29 is 9.84 Å². The van der Waals surface area contributed by atoms with E-state index >= 15 is 0 Å². The molecule has 2 aliphatic rings. The number of rotatable bonds is 2. The molecule has 0 aromatic heterocycles. The standard InChI is InChI=1S/C14H23NO2/c1-13(2)4-6-14(10-15,7-5-13)12(16)11-3-8-17-9-11/h11-12,16H,3-9H2,1-2H3. The van der Waals surface area contributed by atoms with E-state index in [-0.39, 0.29) is 5.92 Å². The summed E-state index contributed by atoms with van der Waals surface area (Å²) in [6.07, 6.45) is 4.11. The lowest BCUT2D eigenvalue weighted by molar-refractivity contribution is -0.0275. The maximum absolute atomic E-state index is 10.5. The molecule has 3 nitrogen and oxygen atoms in total. The van der Waals surface area contributed by atoms with Crippen molar-refractivity contribution in [3.8, 4) is 6.07 Å². The molecule has 2 rings (SSSR count). The lowest BCUT2D eigenvalue weighted by Gasteiger charge is -2.43. The molecule has 2 unspecified atom stereocenters. The van der Waals surface area contributed by atoms with Crippen LogP contribution in [0.1, 0.15) is 46.0 Å². The van der Waals surface area contributed by atoms with Gasteiger partial charge in [0.25, 0.3) is 0 Å². The van der Waals surface area contributed by atoms with Crippen LogP contribution in [-0.2, 0) is 4.74 Å². The summed E-state index contributed by atoms with van der Waals surface area (Å²) in [6, 6.07) is 2.43. The largest absolute Gasteiger partial charge is 0.391 e. The second kappa shape index (κ2) is 4.59. The Labute approximate surface area is 104 Å². The molecule has 3 heteroatoms. The summed E-state index contributed by atoms with van der Waals surface area (Å²) in [5.74, 6) is 0.163. The number of aliphatic hydroxyl groups is 1. The van der Waals surface area contributed by atoms with Gasteiger partial charge in [0.2, 0.25) is 0 Å². The smallest absolute Gasteiger partial charge is 0.0836 e. The fourth-order valence-corrected chi connectivity index (χ4v) is 3.10. The van der Waals surface area contributed by atoms with Gasteiger partial charge in [-0.15, -0.1) is 0 Å². The third-order valence-electron chi connectivity index (χ3n) is 4.70. The summed E-state index contributed by atoms with van der Waals surface area (Å²) in [4.78, 5) is 0. The molecule has 0 spiro atoms. The molecule has 2 atom stereocenters. The van der Waals surface area contributed by atoms with E-state index in [9.17, 15) is 10.4 Å². The molecule has 0 amide bonds. The van der Waals surface area contributed by atoms with E-state index in [1.165, 1.54) is 0 Å². The zero-order valence-electron chi connectivity index (χ0n) is 10.9. The summed E-state index contributed by atoms with van der Waals surface area (Å²) < 4.78 is 5.33. The number of nitriles is 1. The van der Waals surface area contributed by atoms with E-state index in [1.807, 2.05) is 0 Å². The van der Waals surface area contributed by atoms with Gasteiger partial charge >= 0.3 is 0 Å². The summed E-state index contributed by atoms with van der Waals surface area (Å²) in [5.41, 5.74) is -0.194. The van der Waals surface area contributed by atoms with Crippen molar-refractivity contribution in [2.45, 2.75) is 52.1 Å². The van der Waals surface area contributed by atoms with Crippen LogP contribution in [0.4, 0.5) is 0 Å². The molecule has 96 valence electrons. The van der Waals surface area contributed by atoms with Gasteiger partial charge in [-0.05, 0) is 37.5 Å². The monoisotopic (exact) mass is 237 g/mol. The average Bonchev–Trinajstić information content (AvgIpc) is 2.82. The molecule has 17 heavy (non-hydrogen) atoms. The summed E-state index contributed by atoms with van der Waals surface area (Å²) in [7, 11) is 0. The molecular formula is C14H23NO2. The first-order valence-electron chi connectivity index (χ1n) is 6.66. The number of hydrogen-bond donors (Lipinski definition) is 1. The Morgan fingerprint density at radius 2 is 1.94 bits per heavy atom. The molecule has 1 saturated carbocycles. The maximum Gasteiger partial charge on any atom is 0.0836 e. The van der Waals surface area contributed by atoms with Gasteiger partial charge in [-0.3, -0.25) is 0 Å². The molecule has 1 N–H and O–H groups in total. The van der Waals surface area contributed by atoms with Crippen LogP contribution >= 0.6 is 0 Å².